The molecule has 0 unspecified atom stereocenters. The van der Waals surface area contributed by atoms with Crippen molar-refractivity contribution in [1.82, 2.24) is 14.1 Å². The molecule has 1 heterocycles. The van der Waals surface area contributed by atoms with Crippen LogP contribution in [0, 0.1) is 5.82 Å². The molecule has 31 heavy (non-hydrogen) atoms. The first kappa shape index (κ1) is 23.4. The van der Waals surface area contributed by atoms with Gasteiger partial charge in [-0.15, -0.1) is 0 Å². The number of halogens is 1. The quantitative estimate of drug-likeness (QED) is 0.624. The van der Waals surface area contributed by atoms with Crippen LogP contribution in [0.5, 0.6) is 0 Å². The third kappa shape index (κ3) is 6.12. The summed E-state index contributed by atoms with van der Waals surface area (Å²) in [6.45, 7) is 2.33. The number of benzene rings is 2. The van der Waals surface area contributed by atoms with Crippen molar-refractivity contribution in [1.29, 1.82) is 0 Å². The van der Waals surface area contributed by atoms with Gasteiger partial charge in [0, 0.05) is 38.3 Å². The molecule has 0 aliphatic carbocycles. The molecular formula is C23H30FN3O3S. The molecule has 1 fully saturated rings. The van der Waals surface area contributed by atoms with Crippen molar-refractivity contribution in [2.75, 3.05) is 40.3 Å². The summed E-state index contributed by atoms with van der Waals surface area (Å²) in [5.74, 6) is -0.631. The van der Waals surface area contributed by atoms with Gasteiger partial charge in [0.25, 0.3) is 5.91 Å². The molecule has 1 aliphatic rings. The van der Waals surface area contributed by atoms with Crippen molar-refractivity contribution >= 4 is 15.9 Å². The first-order valence-corrected chi connectivity index (χ1v) is 12.0. The van der Waals surface area contributed by atoms with Crippen LogP contribution in [0.1, 0.15) is 35.2 Å². The van der Waals surface area contributed by atoms with Gasteiger partial charge in [-0.25, -0.2) is 12.8 Å². The Morgan fingerprint density at radius 2 is 1.71 bits per heavy atom. The van der Waals surface area contributed by atoms with Crippen LogP contribution in [0.2, 0.25) is 0 Å². The van der Waals surface area contributed by atoms with Gasteiger partial charge in [-0.1, -0.05) is 24.6 Å². The van der Waals surface area contributed by atoms with Crippen molar-refractivity contribution in [2.24, 2.45) is 0 Å². The summed E-state index contributed by atoms with van der Waals surface area (Å²) in [6.07, 6.45) is 2.74. The van der Waals surface area contributed by atoms with Crippen LogP contribution in [0.15, 0.2) is 53.4 Å². The Kier molecular flexibility index (Phi) is 7.80. The third-order valence-corrected chi connectivity index (χ3v) is 7.30. The average Bonchev–Trinajstić information content (AvgIpc) is 2.77. The van der Waals surface area contributed by atoms with Crippen molar-refractivity contribution in [3.8, 4) is 0 Å². The molecule has 8 heteroatoms. The molecule has 0 radical (unpaired) electrons. The molecule has 0 atom stereocenters. The van der Waals surface area contributed by atoms with Gasteiger partial charge in [0.05, 0.1) is 4.90 Å². The summed E-state index contributed by atoms with van der Waals surface area (Å²) >= 11 is 0. The van der Waals surface area contributed by atoms with Gasteiger partial charge in [0.15, 0.2) is 0 Å². The fourth-order valence-electron chi connectivity index (χ4n) is 3.66. The number of sulfonamides is 1. The van der Waals surface area contributed by atoms with Crippen LogP contribution in [0.3, 0.4) is 0 Å². The van der Waals surface area contributed by atoms with E-state index in [1.165, 1.54) is 28.6 Å². The molecule has 1 aliphatic heterocycles. The van der Waals surface area contributed by atoms with Crippen molar-refractivity contribution in [2.45, 2.75) is 30.7 Å². The Hall–Kier alpha value is -2.29. The molecule has 0 spiro atoms. The van der Waals surface area contributed by atoms with E-state index in [0.717, 1.165) is 19.3 Å². The Morgan fingerprint density at radius 1 is 1.00 bits per heavy atom. The van der Waals surface area contributed by atoms with Gasteiger partial charge in [-0.3, -0.25) is 4.79 Å². The van der Waals surface area contributed by atoms with Crippen LogP contribution in [0.25, 0.3) is 0 Å². The van der Waals surface area contributed by atoms with Gasteiger partial charge in [0.2, 0.25) is 10.0 Å². The molecule has 168 valence electrons. The largest absolute Gasteiger partial charge is 0.333 e. The lowest BCUT2D eigenvalue weighted by atomic mass is 10.1. The highest BCUT2D eigenvalue weighted by Crippen LogP contribution is 2.22. The molecular weight excluding hydrogens is 417 g/mol. The lowest BCUT2D eigenvalue weighted by Gasteiger charge is -2.27. The number of hydrogen-bond donors (Lipinski definition) is 0. The molecule has 1 amide bonds. The smallest absolute Gasteiger partial charge is 0.254 e. The van der Waals surface area contributed by atoms with E-state index in [4.69, 9.17) is 0 Å². The number of likely N-dealkylation sites (N-methyl/N-ethyl adjacent to an activating group) is 1. The van der Waals surface area contributed by atoms with Gasteiger partial charge in [-0.05, 0) is 62.8 Å². The number of hydrogen-bond acceptors (Lipinski definition) is 4. The summed E-state index contributed by atoms with van der Waals surface area (Å²) in [5.41, 5.74) is 0.998. The van der Waals surface area contributed by atoms with Crippen LogP contribution >= 0.6 is 0 Å². The fraction of sp³-hybridized carbons (Fsp3) is 0.435. The SMILES string of the molecule is CN(C)CCN(Cc1cccc(F)c1)C(=O)c1cccc(S(=O)(=O)N2CCCCC2)c1. The number of carbonyl (C=O) groups excluding carboxylic acids is 1. The first-order valence-electron chi connectivity index (χ1n) is 10.6. The monoisotopic (exact) mass is 447 g/mol. The van der Waals surface area contributed by atoms with E-state index < -0.39 is 10.0 Å². The first-order chi connectivity index (χ1) is 14.8. The van der Waals surface area contributed by atoms with Crippen LogP contribution in [0.4, 0.5) is 4.39 Å². The zero-order valence-electron chi connectivity index (χ0n) is 18.1. The van der Waals surface area contributed by atoms with Gasteiger partial charge < -0.3 is 9.80 Å². The Bertz CT molecular complexity index is 1000. The second-order valence-electron chi connectivity index (χ2n) is 8.15. The maximum absolute atomic E-state index is 13.6. The van der Waals surface area contributed by atoms with Crippen LogP contribution in [-0.2, 0) is 16.6 Å². The number of rotatable bonds is 8. The van der Waals surface area contributed by atoms with E-state index in [-0.39, 0.29) is 23.2 Å². The van der Waals surface area contributed by atoms with E-state index >= 15 is 0 Å². The Morgan fingerprint density at radius 3 is 2.39 bits per heavy atom. The fourth-order valence-corrected chi connectivity index (χ4v) is 5.22. The topological polar surface area (TPSA) is 60.9 Å². The summed E-state index contributed by atoms with van der Waals surface area (Å²) in [6, 6.07) is 12.4. The van der Waals surface area contributed by atoms with Crippen LogP contribution in [-0.4, -0.2) is 68.7 Å². The predicted molar refractivity (Wildman–Crippen MR) is 119 cm³/mol. The number of carbonyl (C=O) groups is 1. The van der Waals surface area contributed by atoms with Gasteiger partial charge in [0.1, 0.15) is 5.82 Å². The van der Waals surface area contributed by atoms with Crippen molar-refractivity contribution in [3.63, 3.8) is 0 Å². The maximum atomic E-state index is 13.6. The second kappa shape index (κ2) is 10.3. The highest BCUT2D eigenvalue weighted by Gasteiger charge is 2.27. The average molecular weight is 448 g/mol. The summed E-state index contributed by atoms with van der Waals surface area (Å²) in [4.78, 5) is 17.0. The lowest BCUT2D eigenvalue weighted by molar-refractivity contribution is 0.0731. The van der Waals surface area contributed by atoms with E-state index in [9.17, 15) is 17.6 Å². The lowest BCUT2D eigenvalue weighted by Crippen LogP contribution is -2.37. The second-order valence-corrected chi connectivity index (χ2v) is 10.1. The van der Waals surface area contributed by atoms with Crippen molar-refractivity contribution in [3.05, 3.63) is 65.5 Å². The molecule has 0 saturated carbocycles. The highest BCUT2D eigenvalue weighted by atomic mass is 32.2. The maximum Gasteiger partial charge on any atom is 0.254 e. The minimum Gasteiger partial charge on any atom is -0.333 e. The summed E-state index contributed by atoms with van der Waals surface area (Å²) in [5, 5.41) is 0. The van der Waals surface area contributed by atoms with Gasteiger partial charge in [-0.2, -0.15) is 4.31 Å². The molecule has 2 aromatic rings. The highest BCUT2D eigenvalue weighted by molar-refractivity contribution is 7.89. The number of amides is 1. The van der Waals surface area contributed by atoms with E-state index in [0.29, 0.717) is 37.3 Å². The Balaban J connectivity index is 1.85. The molecule has 6 nitrogen and oxygen atoms in total. The van der Waals surface area contributed by atoms with Crippen molar-refractivity contribution < 1.29 is 17.6 Å². The van der Waals surface area contributed by atoms with E-state index in [1.54, 1.807) is 29.2 Å². The zero-order chi connectivity index (χ0) is 22.4. The normalized spacial score (nSPS) is 15.2. The standard InChI is InChI=1S/C23H30FN3O3S/c1-25(2)14-15-26(18-19-8-6-10-21(24)16-19)23(28)20-9-7-11-22(17-20)31(29,30)27-12-4-3-5-13-27/h6-11,16-17H,3-5,12-15,18H2,1-2H3. The molecule has 0 aromatic heterocycles. The van der Waals surface area contributed by atoms with E-state index in [1.807, 2.05) is 19.0 Å². The van der Waals surface area contributed by atoms with Crippen LogP contribution < -0.4 is 0 Å². The predicted octanol–water partition coefficient (Wildman–Crippen LogP) is 3.20. The molecule has 1 saturated heterocycles. The molecule has 0 bridgehead atoms. The summed E-state index contributed by atoms with van der Waals surface area (Å²) in [7, 11) is 0.197. The minimum absolute atomic E-state index is 0.138. The third-order valence-electron chi connectivity index (χ3n) is 5.40. The number of nitrogens with zero attached hydrogens (tertiary/aromatic N) is 3. The Labute approximate surface area is 184 Å². The van der Waals surface area contributed by atoms with Gasteiger partial charge >= 0.3 is 0 Å². The zero-order valence-corrected chi connectivity index (χ0v) is 18.9. The molecule has 0 N–H and O–H groups in total. The summed E-state index contributed by atoms with van der Waals surface area (Å²) < 4.78 is 41.2. The molecule has 3 rings (SSSR count). The van der Waals surface area contributed by atoms with E-state index in [2.05, 4.69) is 0 Å². The molecule has 2 aromatic carbocycles. The minimum atomic E-state index is -3.63. The number of piperidine rings is 1.